The monoisotopic (exact) mass is 399 g/mol. The molecule has 0 spiro atoms. The van der Waals surface area contributed by atoms with Crippen molar-refractivity contribution in [3.8, 4) is 11.4 Å². The first kappa shape index (κ1) is 19.6. The van der Waals surface area contributed by atoms with Gasteiger partial charge < -0.3 is 15.2 Å². The van der Waals surface area contributed by atoms with Crippen LogP contribution in [0.1, 0.15) is 18.1 Å². The van der Waals surface area contributed by atoms with E-state index >= 15 is 0 Å². The number of nitrogens with zero attached hydrogens (tertiary/aromatic N) is 3. The molecule has 0 unspecified atom stereocenters. The van der Waals surface area contributed by atoms with Gasteiger partial charge in [-0.1, -0.05) is 55.0 Å². The molecule has 30 heavy (non-hydrogen) atoms. The standard InChI is InChI=1S/C24H25N5O/c1-3-18-7-4-5-8-20(18)28-24(30)26-15-16-29-22(19-12-10-17(2)11-13-19)27-21-9-6-14-25-23(21)29/h4-14H,3,15-16H2,1-2H3,(H2,26,28,30). The van der Waals surface area contributed by atoms with Gasteiger partial charge in [-0.25, -0.2) is 14.8 Å². The molecule has 2 N–H and O–H groups in total. The Hall–Kier alpha value is -3.67. The number of anilines is 1. The number of aryl methyl sites for hydroxylation is 2. The van der Waals surface area contributed by atoms with Gasteiger partial charge in [0.05, 0.1) is 0 Å². The van der Waals surface area contributed by atoms with Gasteiger partial charge in [0.25, 0.3) is 0 Å². The molecule has 4 aromatic rings. The highest BCUT2D eigenvalue weighted by Crippen LogP contribution is 2.23. The van der Waals surface area contributed by atoms with Crippen LogP contribution in [-0.2, 0) is 13.0 Å². The molecule has 6 nitrogen and oxygen atoms in total. The second kappa shape index (κ2) is 8.78. The topological polar surface area (TPSA) is 71.8 Å². The fraction of sp³-hybridized carbons (Fsp3) is 0.208. The molecule has 0 aliphatic rings. The second-order valence-corrected chi connectivity index (χ2v) is 7.19. The maximum absolute atomic E-state index is 12.4. The molecule has 2 heterocycles. The number of urea groups is 1. The molecule has 0 saturated carbocycles. The minimum absolute atomic E-state index is 0.217. The van der Waals surface area contributed by atoms with Crippen LogP contribution in [0.25, 0.3) is 22.6 Å². The Morgan fingerprint density at radius 1 is 1.03 bits per heavy atom. The zero-order valence-electron chi connectivity index (χ0n) is 17.2. The van der Waals surface area contributed by atoms with Crippen molar-refractivity contribution in [2.24, 2.45) is 0 Å². The molecule has 0 saturated heterocycles. The minimum Gasteiger partial charge on any atom is -0.336 e. The third-order valence-electron chi connectivity index (χ3n) is 5.08. The van der Waals surface area contributed by atoms with Crippen molar-refractivity contribution in [1.29, 1.82) is 0 Å². The summed E-state index contributed by atoms with van der Waals surface area (Å²) in [6.07, 6.45) is 2.63. The van der Waals surface area contributed by atoms with Crippen molar-refractivity contribution < 1.29 is 4.79 Å². The first-order valence-electron chi connectivity index (χ1n) is 10.2. The average molecular weight is 399 g/mol. The maximum Gasteiger partial charge on any atom is 0.319 e. The van der Waals surface area contributed by atoms with Crippen LogP contribution in [0.15, 0.2) is 66.9 Å². The fourth-order valence-corrected chi connectivity index (χ4v) is 3.49. The van der Waals surface area contributed by atoms with Crippen LogP contribution in [0, 0.1) is 6.92 Å². The third kappa shape index (κ3) is 4.17. The van der Waals surface area contributed by atoms with Crippen molar-refractivity contribution in [2.75, 3.05) is 11.9 Å². The number of rotatable bonds is 6. The van der Waals surface area contributed by atoms with Crippen molar-refractivity contribution in [1.82, 2.24) is 19.9 Å². The summed E-state index contributed by atoms with van der Waals surface area (Å²) in [6.45, 7) is 5.16. The summed E-state index contributed by atoms with van der Waals surface area (Å²) in [5.74, 6) is 0.849. The van der Waals surface area contributed by atoms with E-state index in [1.54, 1.807) is 6.20 Å². The highest BCUT2D eigenvalue weighted by molar-refractivity contribution is 5.90. The molecule has 2 aromatic heterocycles. The number of fused-ring (bicyclic) bond motifs is 1. The lowest BCUT2D eigenvalue weighted by Gasteiger charge is -2.12. The molecule has 4 rings (SSSR count). The molecular formula is C24H25N5O. The average Bonchev–Trinajstić information content (AvgIpc) is 3.13. The van der Waals surface area contributed by atoms with Gasteiger partial charge in [0.2, 0.25) is 0 Å². The molecule has 0 fully saturated rings. The number of benzene rings is 2. The Morgan fingerprint density at radius 2 is 1.83 bits per heavy atom. The number of carbonyl (C=O) groups is 1. The van der Waals surface area contributed by atoms with E-state index in [9.17, 15) is 4.79 Å². The number of pyridine rings is 1. The van der Waals surface area contributed by atoms with E-state index in [0.29, 0.717) is 13.1 Å². The lowest BCUT2D eigenvalue weighted by molar-refractivity contribution is 0.251. The quantitative estimate of drug-likeness (QED) is 0.490. The number of hydrogen-bond acceptors (Lipinski definition) is 3. The number of nitrogens with one attached hydrogen (secondary N) is 2. The molecule has 2 amide bonds. The lowest BCUT2D eigenvalue weighted by atomic mass is 10.1. The van der Waals surface area contributed by atoms with Crippen LogP contribution in [0.3, 0.4) is 0 Å². The SMILES string of the molecule is CCc1ccccc1NC(=O)NCCn1c(-c2ccc(C)cc2)nc2cccnc21. The fourth-order valence-electron chi connectivity index (χ4n) is 3.49. The molecule has 2 aromatic carbocycles. The summed E-state index contributed by atoms with van der Waals surface area (Å²) in [5, 5.41) is 5.89. The maximum atomic E-state index is 12.4. The second-order valence-electron chi connectivity index (χ2n) is 7.19. The predicted molar refractivity (Wildman–Crippen MR) is 121 cm³/mol. The first-order valence-corrected chi connectivity index (χ1v) is 10.2. The van der Waals surface area contributed by atoms with Crippen LogP contribution < -0.4 is 10.6 Å². The molecular weight excluding hydrogens is 374 g/mol. The zero-order chi connectivity index (χ0) is 20.9. The van der Waals surface area contributed by atoms with E-state index in [4.69, 9.17) is 4.98 Å². The smallest absolute Gasteiger partial charge is 0.319 e. The van der Waals surface area contributed by atoms with Crippen molar-refractivity contribution in [3.05, 3.63) is 78.0 Å². The number of aromatic nitrogens is 3. The van der Waals surface area contributed by atoms with Gasteiger partial charge in [-0.3, -0.25) is 0 Å². The van der Waals surface area contributed by atoms with E-state index < -0.39 is 0 Å². The number of hydrogen-bond donors (Lipinski definition) is 2. The van der Waals surface area contributed by atoms with E-state index in [2.05, 4.69) is 58.3 Å². The predicted octanol–water partition coefficient (Wildman–Crippen LogP) is 4.79. The summed E-state index contributed by atoms with van der Waals surface area (Å²) in [5.41, 5.74) is 5.83. The number of para-hydroxylation sites is 1. The molecule has 0 atom stereocenters. The molecule has 152 valence electrons. The van der Waals surface area contributed by atoms with Crippen LogP contribution in [0.5, 0.6) is 0 Å². The highest BCUT2D eigenvalue weighted by atomic mass is 16.2. The van der Waals surface area contributed by atoms with Crippen LogP contribution in [0.2, 0.25) is 0 Å². The summed E-state index contributed by atoms with van der Waals surface area (Å²) in [4.78, 5) is 21.7. The summed E-state index contributed by atoms with van der Waals surface area (Å²) < 4.78 is 2.06. The zero-order valence-corrected chi connectivity index (χ0v) is 17.2. The van der Waals surface area contributed by atoms with Gasteiger partial charge in [0.15, 0.2) is 5.65 Å². The van der Waals surface area contributed by atoms with Crippen LogP contribution in [0.4, 0.5) is 10.5 Å². The molecule has 0 aliphatic heterocycles. The summed E-state index contributed by atoms with van der Waals surface area (Å²) in [6, 6.07) is 19.7. The van der Waals surface area contributed by atoms with Gasteiger partial charge in [0, 0.05) is 30.5 Å². The van der Waals surface area contributed by atoms with E-state index in [1.807, 2.05) is 36.4 Å². The van der Waals surface area contributed by atoms with Crippen molar-refractivity contribution in [2.45, 2.75) is 26.8 Å². The number of imidazole rings is 1. The number of amides is 2. The Balaban J connectivity index is 1.50. The molecule has 6 heteroatoms. The Morgan fingerprint density at radius 3 is 2.63 bits per heavy atom. The largest absolute Gasteiger partial charge is 0.336 e. The van der Waals surface area contributed by atoms with Crippen LogP contribution >= 0.6 is 0 Å². The minimum atomic E-state index is -0.217. The van der Waals surface area contributed by atoms with Gasteiger partial charge >= 0.3 is 6.03 Å². The van der Waals surface area contributed by atoms with E-state index in [0.717, 1.165) is 40.2 Å². The van der Waals surface area contributed by atoms with Crippen LogP contribution in [-0.4, -0.2) is 27.1 Å². The van der Waals surface area contributed by atoms with Gasteiger partial charge in [0.1, 0.15) is 11.3 Å². The van der Waals surface area contributed by atoms with E-state index in [1.165, 1.54) is 5.56 Å². The molecule has 0 aliphatic carbocycles. The van der Waals surface area contributed by atoms with Crippen molar-refractivity contribution in [3.63, 3.8) is 0 Å². The Kier molecular flexibility index (Phi) is 5.75. The summed E-state index contributed by atoms with van der Waals surface area (Å²) >= 11 is 0. The first-order chi connectivity index (χ1) is 14.7. The van der Waals surface area contributed by atoms with Crippen molar-refractivity contribution >= 4 is 22.9 Å². The highest BCUT2D eigenvalue weighted by Gasteiger charge is 2.14. The molecule has 0 radical (unpaired) electrons. The Bertz CT molecular complexity index is 1160. The van der Waals surface area contributed by atoms with Gasteiger partial charge in [-0.15, -0.1) is 0 Å². The lowest BCUT2D eigenvalue weighted by Crippen LogP contribution is -2.32. The Labute approximate surface area is 176 Å². The van der Waals surface area contributed by atoms with E-state index in [-0.39, 0.29) is 6.03 Å². The summed E-state index contributed by atoms with van der Waals surface area (Å²) in [7, 11) is 0. The third-order valence-corrected chi connectivity index (χ3v) is 5.08. The number of carbonyl (C=O) groups excluding carboxylic acids is 1. The normalized spacial score (nSPS) is 10.9. The molecule has 0 bridgehead atoms. The van der Waals surface area contributed by atoms with Gasteiger partial charge in [-0.2, -0.15) is 0 Å². The van der Waals surface area contributed by atoms with Gasteiger partial charge in [-0.05, 0) is 37.1 Å².